The van der Waals surface area contributed by atoms with Crippen LogP contribution in [0.3, 0.4) is 0 Å². The number of carbonyl (C=O) groups excluding carboxylic acids is 1. The fourth-order valence-corrected chi connectivity index (χ4v) is 2.75. The Morgan fingerprint density at radius 1 is 1.41 bits per heavy atom. The molecule has 116 valence electrons. The number of pyridine rings is 1. The Balaban J connectivity index is 1.74. The summed E-state index contributed by atoms with van der Waals surface area (Å²) in [6, 6.07) is 3.72. The van der Waals surface area contributed by atoms with Crippen molar-refractivity contribution in [2.75, 3.05) is 13.1 Å². The normalized spacial score (nSPS) is 18.7. The van der Waals surface area contributed by atoms with Crippen LogP contribution in [0, 0.1) is 5.92 Å². The van der Waals surface area contributed by atoms with Gasteiger partial charge in [0.2, 0.25) is 17.7 Å². The van der Waals surface area contributed by atoms with Crippen molar-refractivity contribution in [3.05, 3.63) is 30.4 Å². The summed E-state index contributed by atoms with van der Waals surface area (Å²) in [4.78, 5) is 18.1. The largest absolute Gasteiger partial charge is 0.420 e. The molecule has 3 heterocycles. The van der Waals surface area contributed by atoms with Gasteiger partial charge in [-0.15, -0.1) is 10.2 Å². The molecule has 0 saturated carbocycles. The van der Waals surface area contributed by atoms with E-state index >= 15 is 0 Å². The monoisotopic (exact) mass is 300 g/mol. The zero-order valence-corrected chi connectivity index (χ0v) is 12.9. The lowest BCUT2D eigenvalue weighted by Gasteiger charge is -2.32. The van der Waals surface area contributed by atoms with Crippen LogP contribution in [0.2, 0.25) is 0 Å². The summed E-state index contributed by atoms with van der Waals surface area (Å²) in [5.41, 5.74) is 0.812. The van der Waals surface area contributed by atoms with Gasteiger partial charge < -0.3 is 9.32 Å². The summed E-state index contributed by atoms with van der Waals surface area (Å²) < 4.78 is 5.80. The molecule has 22 heavy (non-hydrogen) atoms. The molecule has 2 aromatic heterocycles. The van der Waals surface area contributed by atoms with Crippen LogP contribution >= 0.6 is 0 Å². The summed E-state index contributed by atoms with van der Waals surface area (Å²) >= 11 is 0. The molecule has 3 rings (SSSR count). The zero-order chi connectivity index (χ0) is 15.5. The van der Waals surface area contributed by atoms with Gasteiger partial charge in [-0.3, -0.25) is 9.78 Å². The average molecular weight is 300 g/mol. The SMILES string of the molecule is CC(C)C(=O)N1CCC[C@H](c2nnc(-c3cccnc3)o2)C1. The molecule has 0 aliphatic carbocycles. The molecule has 1 amide bonds. The van der Waals surface area contributed by atoms with E-state index in [1.54, 1.807) is 12.4 Å². The van der Waals surface area contributed by atoms with Crippen LogP contribution in [0.5, 0.6) is 0 Å². The first kappa shape index (κ1) is 14.7. The van der Waals surface area contributed by atoms with Crippen molar-refractivity contribution in [3.63, 3.8) is 0 Å². The van der Waals surface area contributed by atoms with E-state index in [2.05, 4.69) is 15.2 Å². The molecule has 2 aromatic rings. The molecule has 1 atom stereocenters. The number of hydrogen-bond donors (Lipinski definition) is 0. The fraction of sp³-hybridized carbons (Fsp3) is 0.500. The molecule has 1 fully saturated rings. The van der Waals surface area contributed by atoms with E-state index in [9.17, 15) is 4.79 Å². The van der Waals surface area contributed by atoms with Crippen molar-refractivity contribution in [3.8, 4) is 11.5 Å². The molecule has 0 radical (unpaired) electrons. The molecule has 6 heteroatoms. The van der Waals surface area contributed by atoms with E-state index in [0.717, 1.165) is 24.9 Å². The minimum atomic E-state index is 0.0207. The third kappa shape index (κ3) is 3.00. The van der Waals surface area contributed by atoms with Crippen LogP contribution in [-0.4, -0.2) is 39.1 Å². The zero-order valence-electron chi connectivity index (χ0n) is 12.9. The molecular formula is C16H20N4O2. The van der Waals surface area contributed by atoms with Crippen LogP contribution in [0.4, 0.5) is 0 Å². The Labute approximate surface area is 129 Å². The molecule has 0 N–H and O–H groups in total. The summed E-state index contributed by atoms with van der Waals surface area (Å²) in [5, 5.41) is 8.28. The van der Waals surface area contributed by atoms with Crippen molar-refractivity contribution in [2.45, 2.75) is 32.6 Å². The van der Waals surface area contributed by atoms with E-state index in [-0.39, 0.29) is 17.7 Å². The Hall–Kier alpha value is -2.24. The van der Waals surface area contributed by atoms with Gasteiger partial charge in [0, 0.05) is 31.4 Å². The van der Waals surface area contributed by atoms with Gasteiger partial charge >= 0.3 is 0 Å². The predicted molar refractivity (Wildman–Crippen MR) is 80.9 cm³/mol. The lowest BCUT2D eigenvalue weighted by Crippen LogP contribution is -2.41. The second kappa shape index (κ2) is 6.25. The topological polar surface area (TPSA) is 72.1 Å². The first-order valence-corrected chi connectivity index (χ1v) is 7.67. The number of carbonyl (C=O) groups is 1. The molecule has 6 nitrogen and oxygen atoms in total. The van der Waals surface area contributed by atoms with Gasteiger partial charge in [0.15, 0.2) is 0 Å². The van der Waals surface area contributed by atoms with E-state index in [0.29, 0.717) is 18.3 Å². The average Bonchev–Trinajstić information content (AvgIpc) is 3.05. The van der Waals surface area contributed by atoms with Crippen LogP contribution in [-0.2, 0) is 4.79 Å². The maximum Gasteiger partial charge on any atom is 0.249 e. The van der Waals surface area contributed by atoms with Gasteiger partial charge in [0.1, 0.15) is 0 Å². The second-order valence-corrected chi connectivity index (χ2v) is 5.97. The molecule has 0 aromatic carbocycles. The van der Waals surface area contributed by atoms with Crippen molar-refractivity contribution >= 4 is 5.91 Å². The molecule has 1 saturated heterocycles. The molecule has 0 spiro atoms. The van der Waals surface area contributed by atoms with E-state index in [1.165, 1.54) is 0 Å². The number of likely N-dealkylation sites (tertiary alicyclic amines) is 1. The number of hydrogen-bond acceptors (Lipinski definition) is 5. The Morgan fingerprint density at radius 3 is 3.00 bits per heavy atom. The van der Waals surface area contributed by atoms with Gasteiger partial charge in [-0.25, -0.2) is 0 Å². The number of rotatable bonds is 3. The van der Waals surface area contributed by atoms with Crippen LogP contribution in [0.15, 0.2) is 28.9 Å². The smallest absolute Gasteiger partial charge is 0.249 e. The highest BCUT2D eigenvalue weighted by Crippen LogP contribution is 2.28. The fourth-order valence-electron chi connectivity index (χ4n) is 2.75. The van der Waals surface area contributed by atoms with Crippen LogP contribution < -0.4 is 0 Å². The first-order valence-electron chi connectivity index (χ1n) is 7.67. The predicted octanol–water partition coefficient (Wildman–Crippen LogP) is 2.49. The molecule has 0 unspecified atom stereocenters. The maximum atomic E-state index is 12.2. The number of piperidine rings is 1. The Bertz CT molecular complexity index is 639. The van der Waals surface area contributed by atoms with Gasteiger partial charge in [-0.05, 0) is 25.0 Å². The van der Waals surface area contributed by atoms with Crippen LogP contribution in [0.1, 0.15) is 38.5 Å². The van der Waals surface area contributed by atoms with Gasteiger partial charge in [0.25, 0.3) is 0 Å². The first-order chi connectivity index (χ1) is 10.6. The molecule has 1 aliphatic rings. The lowest BCUT2D eigenvalue weighted by atomic mass is 9.97. The molecular weight excluding hydrogens is 280 g/mol. The highest BCUT2D eigenvalue weighted by atomic mass is 16.4. The minimum Gasteiger partial charge on any atom is -0.420 e. The summed E-state index contributed by atoms with van der Waals surface area (Å²) in [5.74, 6) is 1.42. The minimum absolute atomic E-state index is 0.0207. The summed E-state index contributed by atoms with van der Waals surface area (Å²) in [7, 11) is 0. The highest BCUT2D eigenvalue weighted by molar-refractivity contribution is 5.78. The lowest BCUT2D eigenvalue weighted by molar-refractivity contribution is -0.135. The Morgan fingerprint density at radius 2 is 2.27 bits per heavy atom. The Kier molecular flexibility index (Phi) is 4.18. The number of amides is 1. The van der Waals surface area contributed by atoms with Gasteiger partial charge in [-0.2, -0.15) is 0 Å². The van der Waals surface area contributed by atoms with E-state index in [4.69, 9.17) is 4.42 Å². The van der Waals surface area contributed by atoms with Crippen molar-refractivity contribution in [1.29, 1.82) is 0 Å². The number of aromatic nitrogens is 3. The summed E-state index contributed by atoms with van der Waals surface area (Å²) in [6.45, 7) is 5.33. The standard InChI is InChI=1S/C16H20N4O2/c1-11(2)16(21)20-8-4-6-13(10-20)15-19-18-14(22-15)12-5-3-7-17-9-12/h3,5,7,9,11,13H,4,6,8,10H2,1-2H3/t13-/m0/s1. The molecule has 0 bridgehead atoms. The quantitative estimate of drug-likeness (QED) is 0.871. The van der Waals surface area contributed by atoms with Gasteiger partial charge in [-0.1, -0.05) is 13.8 Å². The van der Waals surface area contributed by atoms with Crippen molar-refractivity contribution in [2.24, 2.45) is 5.92 Å². The highest BCUT2D eigenvalue weighted by Gasteiger charge is 2.29. The maximum absolute atomic E-state index is 12.2. The van der Waals surface area contributed by atoms with E-state index in [1.807, 2.05) is 30.9 Å². The summed E-state index contributed by atoms with van der Waals surface area (Å²) in [6.07, 6.45) is 5.34. The van der Waals surface area contributed by atoms with Crippen LogP contribution in [0.25, 0.3) is 11.5 Å². The second-order valence-electron chi connectivity index (χ2n) is 5.97. The third-order valence-electron chi connectivity index (χ3n) is 3.93. The molecule has 1 aliphatic heterocycles. The number of nitrogens with zero attached hydrogens (tertiary/aromatic N) is 4. The van der Waals surface area contributed by atoms with Gasteiger partial charge in [0.05, 0.1) is 11.5 Å². The van der Waals surface area contributed by atoms with Crippen molar-refractivity contribution in [1.82, 2.24) is 20.1 Å². The van der Waals surface area contributed by atoms with E-state index < -0.39 is 0 Å². The third-order valence-corrected chi connectivity index (χ3v) is 3.93. The van der Waals surface area contributed by atoms with Crippen molar-refractivity contribution < 1.29 is 9.21 Å².